The van der Waals surface area contributed by atoms with E-state index in [9.17, 15) is 0 Å². The molecule has 14 heavy (non-hydrogen) atoms. The summed E-state index contributed by atoms with van der Waals surface area (Å²) in [4.78, 5) is 0. The van der Waals surface area contributed by atoms with Gasteiger partial charge >= 0.3 is 0 Å². The van der Waals surface area contributed by atoms with Gasteiger partial charge in [0.15, 0.2) is 0 Å². The first-order valence-electron chi connectivity index (χ1n) is 4.62. The molecule has 0 aromatic carbocycles. The van der Waals surface area contributed by atoms with Gasteiger partial charge in [-0.15, -0.1) is 0 Å². The maximum atomic E-state index is 7.92. The number of hydrogen-bond donors (Lipinski definition) is 2. The lowest BCUT2D eigenvalue weighted by Gasteiger charge is -2.15. The normalized spacial score (nSPS) is 21.8. The monoisotopic (exact) mass is 254 g/mol. The highest BCUT2D eigenvalue weighted by Gasteiger charge is 2.14. The van der Waals surface area contributed by atoms with E-state index in [2.05, 4.69) is 46.4 Å². The molecule has 3 heteroatoms. The summed E-state index contributed by atoms with van der Waals surface area (Å²) in [6.07, 6.45) is 9.04. The third-order valence-electron chi connectivity index (χ3n) is 2.18. The van der Waals surface area contributed by atoms with Crippen LogP contribution in [0.1, 0.15) is 13.3 Å². The van der Waals surface area contributed by atoms with Crippen molar-refractivity contribution in [2.45, 2.75) is 13.3 Å². The second-order valence-corrected chi connectivity index (χ2v) is 4.20. The topological polar surface area (TPSA) is 35.9 Å². The van der Waals surface area contributed by atoms with E-state index in [1.807, 2.05) is 7.05 Å². The van der Waals surface area contributed by atoms with Gasteiger partial charge in [0.2, 0.25) is 0 Å². The van der Waals surface area contributed by atoms with Gasteiger partial charge in [0.25, 0.3) is 0 Å². The Hall–Kier alpha value is -0.830. The summed E-state index contributed by atoms with van der Waals surface area (Å²) in [5.41, 5.74) is 1.90. The standard InChI is InChI=1S/C11H15BrN2/c1-8-3-5-9(6-4-8)11(13)10(12)7-14-2/h3-5,7,9,13-14H,6H2,1-2H3/b10-7+,13-11?. The Bertz CT molecular complexity index is 313. The number of rotatable bonds is 3. The molecule has 0 aliphatic heterocycles. The summed E-state index contributed by atoms with van der Waals surface area (Å²) in [6, 6.07) is 0. The van der Waals surface area contributed by atoms with Crippen LogP contribution in [0.4, 0.5) is 0 Å². The van der Waals surface area contributed by atoms with Crippen LogP contribution in [0.25, 0.3) is 0 Å². The molecule has 1 rings (SSSR count). The van der Waals surface area contributed by atoms with Gasteiger partial charge in [-0.2, -0.15) is 0 Å². The second-order valence-electron chi connectivity index (χ2n) is 3.34. The first kappa shape index (κ1) is 11.2. The molecule has 1 aliphatic rings. The smallest absolute Gasteiger partial charge is 0.0545 e. The first-order valence-corrected chi connectivity index (χ1v) is 5.41. The van der Waals surface area contributed by atoms with Crippen molar-refractivity contribution >= 4 is 21.6 Å². The van der Waals surface area contributed by atoms with Gasteiger partial charge in [-0.25, -0.2) is 0 Å². The van der Waals surface area contributed by atoms with E-state index in [-0.39, 0.29) is 5.92 Å². The molecule has 0 fully saturated rings. The molecular formula is C11H15BrN2. The van der Waals surface area contributed by atoms with E-state index >= 15 is 0 Å². The van der Waals surface area contributed by atoms with Crippen molar-refractivity contribution in [1.82, 2.24) is 5.32 Å². The van der Waals surface area contributed by atoms with E-state index < -0.39 is 0 Å². The minimum absolute atomic E-state index is 0.206. The fourth-order valence-electron chi connectivity index (χ4n) is 1.32. The van der Waals surface area contributed by atoms with E-state index in [1.165, 1.54) is 5.57 Å². The molecule has 76 valence electrons. The Kier molecular flexibility index (Phi) is 4.14. The van der Waals surface area contributed by atoms with E-state index in [4.69, 9.17) is 5.41 Å². The lowest BCUT2D eigenvalue weighted by molar-refractivity contribution is 0.855. The van der Waals surface area contributed by atoms with Crippen LogP contribution in [-0.2, 0) is 0 Å². The average Bonchev–Trinajstić information content (AvgIpc) is 2.18. The van der Waals surface area contributed by atoms with Gasteiger partial charge < -0.3 is 10.7 Å². The van der Waals surface area contributed by atoms with Crippen LogP contribution in [0.2, 0.25) is 0 Å². The molecule has 0 saturated carbocycles. The minimum Gasteiger partial charge on any atom is -0.393 e. The largest absolute Gasteiger partial charge is 0.393 e. The SMILES string of the molecule is CN/C=C(/Br)C(=N)C1C=CC(C)=CC1. The molecule has 1 unspecified atom stereocenters. The minimum atomic E-state index is 0.206. The molecule has 2 nitrogen and oxygen atoms in total. The quantitative estimate of drug-likeness (QED) is 0.747. The summed E-state index contributed by atoms with van der Waals surface area (Å²) in [5.74, 6) is 0.206. The zero-order valence-electron chi connectivity index (χ0n) is 8.47. The van der Waals surface area contributed by atoms with Crippen molar-refractivity contribution in [3.8, 4) is 0 Å². The van der Waals surface area contributed by atoms with E-state index in [1.54, 1.807) is 6.20 Å². The van der Waals surface area contributed by atoms with Crippen molar-refractivity contribution in [3.63, 3.8) is 0 Å². The molecule has 1 aliphatic carbocycles. The van der Waals surface area contributed by atoms with E-state index in [0.29, 0.717) is 5.71 Å². The average molecular weight is 255 g/mol. The van der Waals surface area contributed by atoms with Crippen LogP contribution in [-0.4, -0.2) is 12.8 Å². The maximum absolute atomic E-state index is 7.92. The third kappa shape index (κ3) is 2.84. The summed E-state index contributed by atoms with van der Waals surface area (Å²) >= 11 is 3.37. The fourth-order valence-corrected chi connectivity index (χ4v) is 1.85. The predicted molar refractivity (Wildman–Crippen MR) is 64.8 cm³/mol. The molecule has 0 saturated heterocycles. The van der Waals surface area contributed by atoms with Crippen LogP contribution in [0.3, 0.4) is 0 Å². The van der Waals surface area contributed by atoms with Crippen molar-refractivity contribution in [1.29, 1.82) is 5.41 Å². The number of hydrogen-bond acceptors (Lipinski definition) is 2. The molecule has 0 amide bonds. The summed E-state index contributed by atoms with van der Waals surface area (Å²) in [6.45, 7) is 2.08. The molecular weight excluding hydrogens is 240 g/mol. The van der Waals surface area contributed by atoms with E-state index in [0.717, 1.165) is 10.9 Å². The molecule has 0 spiro atoms. The molecule has 0 aromatic rings. The fraction of sp³-hybridized carbons (Fsp3) is 0.364. The summed E-state index contributed by atoms with van der Waals surface area (Å²) in [7, 11) is 1.83. The van der Waals surface area contributed by atoms with Gasteiger partial charge in [0.05, 0.1) is 10.2 Å². The van der Waals surface area contributed by atoms with Gasteiger partial charge in [-0.1, -0.05) is 23.8 Å². The highest BCUT2D eigenvalue weighted by atomic mass is 79.9. The number of nitrogens with one attached hydrogen (secondary N) is 2. The van der Waals surface area contributed by atoms with Crippen LogP contribution in [0.5, 0.6) is 0 Å². The van der Waals surface area contributed by atoms with Crippen LogP contribution in [0, 0.1) is 11.3 Å². The Morgan fingerprint density at radius 1 is 1.71 bits per heavy atom. The number of allylic oxidation sites excluding steroid dienone is 5. The highest BCUT2D eigenvalue weighted by molar-refractivity contribution is 9.12. The lowest BCUT2D eigenvalue weighted by Crippen LogP contribution is -2.13. The van der Waals surface area contributed by atoms with Crippen molar-refractivity contribution in [3.05, 3.63) is 34.5 Å². The van der Waals surface area contributed by atoms with Gasteiger partial charge in [-0.3, -0.25) is 0 Å². The second kappa shape index (κ2) is 5.15. The Morgan fingerprint density at radius 3 is 2.93 bits per heavy atom. The molecule has 0 bridgehead atoms. The molecule has 1 atom stereocenters. The molecule has 2 N–H and O–H groups in total. The van der Waals surface area contributed by atoms with Crippen LogP contribution >= 0.6 is 15.9 Å². The van der Waals surface area contributed by atoms with Gasteiger partial charge in [-0.05, 0) is 29.3 Å². The summed E-state index contributed by atoms with van der Waals surface area (Å²) < 4.78 is 0.822. The molecule has 0 aromatic heterocycles. The highest BCUT2D eigenvalue weighted by Crippen LogP contribution is 2.22. The van der Waals surface area contributed by atoms with Crippen molar-refractivity contribution in [2.75, 3.05) is 7.05 Å². The predicted octanol–water partition coefficient (Wildman–Crippen LogP) is 2.98. The van der Waals surface area contributed by atoms with Crippen LogP contribution < -0.4 is 5.32 Å². The Morgan fingerprint density at radius 2 is 2.43 bits per heavy atom. The first-order chi connectivity index (χ1) is 6.65. The molecule has 0 radical (unpaired) electrons. The lowest BCUT2D eigenvalue weighted by atomic mass is 9.93. The number of halogens is 1. The zero-order valence-corrected chi connectivity index (χ0v) is 10.1. The van der Waals surface area contributed by atoms with Crippen molar-refractivity contribution in [2.24, 2.45) is 5.92 Å². The summed E-state index contributed by atoms with van der Waals surface area (Å²) in [5, 5.41) is 10.8. The molecule has 0 heterocycles. The van der Waals surface area contributed by atoms with Gasteiger partial charge in [0, 0.05) is 19.2 Å². The Balaban J connectivity index is 2.65. The van der Waals surface area contributed by atoms with Crippen molar-refractivity contribution < 1.29 is 0 Å². The maximum Gasteiger partial charge on any atom is 0.0545 e. The third-order valence-corrected chi connectivity index (χ3v) is 2.84. The zero-order chi connectivity index (χ0) is 10.6. The van der Waals surface area contributed by atoms with Crippen LogP contribution in [0.15, 0.2) is 34.5 Å². The Labute approximate surface area is 93.4 Å². The van der Waals surface area contributed by atoms with Gasteiger partial charge in [0.1, 0.15) is 0 Å².